The van der Waals surface area contributed by atoms with Gasteiger partial charge in [0.15, 0.2) is 0 Å². The standard InChI is InChI=1S/C10H10N2O5S/c1-2-5-3-4-6(18(15,16)17)7-8(5)11-10(14)12-9(7)13/h3-4H,2H2,1H3,(H,15,16,17)(H2,11,12,13,14). The first kappa shape index (κ1) is 12.5. The molecule has 0 spiro atoms. The summed E-state index contributed by atoms with van der Waals surface area (Å²) < 4.78 is 31.5. The van der Waals surface area contributed by atoms with E-state index >= 15 is 0 Å². The van der Waals surface area contributed by atoms with E-state index in [1.807, 2.05) is 4.98 Å². The highest BCUT2D eigenvalue weighted by Gasteiger charge is 2.18. The van der Waals surface area contributed by atoms with Crippen LogP contribution in [0.5, 0.6) is 0 Å². The van der Waals surface area contributed by atoms with Crippen molar-refractivity contribution >= 4 is 21.0 Å². The minimum Gasteiger partial charge on any atom is -0.307 e. The van der Waals surface area contributed by atoms with Gasteiger partial charge in [0.05, 0.1) is 10.9 Å². The van der Waals surface area contributed by atoms with Crippen molar-refractivity contribution in [2.75, 3.05) is 0 Å². The highest BCUT2D eigenvalue weighted by atomic mass is 32.2. The summed E-state index contributed by atoms with van der Waals surface area (Å²) in [5.74, 6) is 0. The molecule has 0 aliphatic heterocycles. The Labute approximate surface area is 101 Å². The number of aromatic amines is 2. The predicted molar refractivity (Wildman–Crippen MR) is 64.4 cm³/mol. The van der Waals surface area contributed by atoms with Crippen LogP contribution in [0.25, 0.3) is 10.9 Å². The first-order chi connectivity index (χ1) is 8.34. The lowest BCUT2D eigenvalue weighted by Crippen LogP contribution is -2.24. The van der Waals surface area contributed by atoms with Crippen molar-refractivity contribution in [2.24, 2.45) is 0 Å². The molecule has 96 valence electrons. The monoisotopic (exact) mass is 270 g/mol. The van der Waals surface area contributed by atoms with E-state index in [1.165, 1.54) is 6.07 Å². The van der Waals surface area contributed by atoms with Gasteiger partial charge in [-0.25, -0.2) is 4.79 Å². The fourth-order valence-corrected chi connectivity index (χ4v) is 2.51. The van der Waals surface area contributed by atoms with Gasteiger partial charge in [0.2, 0.25) is 0 Å². The average molecular weight is 270 g/mol. The molecule has 1 aromatic heterocycles. The maximum Gasteiger partial charge on any atom is 0.326 e. The smallest absolute Gasteiger partial charge is 0.307 e. The summed E-state index contributed by atoms with van der Waals surface area (Å²) in [4.78, 5) is 26.7. The van der Waals surface area contributed by atoms with E-state index in [0.717, 1.165) is 6.07 Å². The normalized spacial score (nSPS) is 11.9. The second-order valence-electron chi connectivity index (χ2n) is 3.71. The number of benzene rings is 1. The molecule has 0 aliphatic carbocycles. The van der Waals surface area contributed by atoms with Crippen molar-refractivity contribution in [3.05, 3.63) is 38.5 Å². The molecule has 0 fully saturated rings. The summed E-state index contributed by atoms with van der Waals surface area (Å²) in [5.41, 5.74) is -0.840. The molecule has 8 heteroatoms. The number of aromatic nitrogens is 2. The number of nitrogens with one attached hydrogen (secondary N) is 2. The lowest BCUT2D eigenvalue weighted by atomic mass is 10.1. The van der Waals surface area contributed by atoms with Crippen molar-refractivity contribution in [2.45, 2.75) is 18.2 Å². The zero-order valence-corrected chi connectivity index (χ0v) is 10.2. The molecule has 0 bridgehead atoms. The molecule has 0 atom stereocenters. The van der Waals surface area contributed by atoms with Crippen LogP contribution in [-0.4, -0.2) is 22.9 Å². The third-order valence-electron chi connectivity index (χ3n) is 2.60. The van der Waals surface area contributed by atoms with Crippen molar-refractivity contribution in [3.8, 4) is 0 Å². The fourth-order valence-electron chi connectivity index (χ4n) is 1.81. The number of rotatable bonds is 2. The van der Waals surface area contributed by atoms with Crippen LogP contribution in [0.4, 0.5) is 0 Å². The molecule has 18 heavy (non-hydrogen) atoms. The number of aryl methyl sites for hydroxylation is 1. The Bertz CT molecular complexity index is 831. The molecule has 2 aromatic rings. The van der Waals surface area contributed by atoms with Gasteiger partial charge in [0.25, 0.3) is 15.7 Å². The Balaban J connectivity index is 3.13. The first-order valence-corrected chi connectivity index (χ1v) is 6.54. The van der Waals surface area contributed by atoms with Crippen LogP contribution in [0.3, 0.4) is 0 Å². The molecular weight excluding hydrogens is 260 g/mol. The van der Waals surface area contributed by atoms with Gasteiger partial charge in [0, 0.05) is 0 Å². The number of hydrogen-bond acceptors (Lipinski definition) is 4. The Morgan fingerprint density at radius 2 is 1.89 bits per heavy atom. The number of fused-ring (bicyclic) bond motifs is 1. The van der Waals surface area contributed by atoms with Gasteiger partial charge in [-0.15, -0.1) is 0 Å². The highest BCUT2D eigenvalue weighted by Crippen LogP contribution is 2.21. The van der Waals surface area contributed by atoms with Crippen LogP contribution in [0.2, 0.25) is 0 Å². The SMILES string of the molecule is CCc1ccc(S(=O)(=O)O)c2c(=O)[nH]c(=O)[nH]c12. The summed E-state index contributed by atoms with van der Waals surface area (Å²) in [6.45, 7) is 1.79. The van der Waals surface area contributed by atoms with Crippen LogP contribution in [0.15, 0.2) is 26.6 Å². The molecule has 0 saturated heterocycles. The van der Waals surface area contributed by atoms with Gasteiger partial charge in [-0.3, -0.25) is 14.3 Å². The third-order valence-corrected chi connectivity index (χ3v) is 3.50. The van der Waals surface area contributed by atoms with Crippen molar-refractivity contribution in [3.63, 3.8) is 0 Å². The minimum absolute atomic E-state index is 0.126. The van der Waals surface area contributed by atoms with Crippen LogP contribution in [-0.2, 0) is 16.5 Å². The maximum absolute atomic E-state index is 11.7. The second kappa shape index (κ2) is 4.07. The largest absolute Gasteiger partial charge is 0.326 e. The lowest BCUT2D eigenvalue weighted by Gasteiger charge is -2.06. The van der Waals surface area contributed by atoms with E-state index in [2.05, 4.69) is 4.98 Å². The van der Waals surface area contributed by atoms with Crippen molar-refractivity contribution < 1.29 is 13.0 Å². The van der Waals surface area contributed by atoms with Gasteiger partial charge in [-0.05, 0) is 18.1 Å². The zero-order chi connectivity index (χ0) is 13.5. The fraction of sp³-hybridized carbons (Fsp3) is 0.200. The molecular formula is C10H10N2O5S. The minimum atomic E-state index is -4.53. The molecule has 0 saturated carbocycles. The second-order valence-corrected chi connectivity index (χ2v) is 5.10. The molecule has 1 aromatic carbocycles. The third kappa shape index (κ3) is 1.95. The van der Waals surface area contributed by atoms with Crippen LogP contribution >= 0.6 is 0 Å². The summed E-state index contributed by atoms with van der Waals surface area (Å²) >= 11 is 0. The van der Waals surface area contributed by atoms with Gasteiger partial charge < -0.3 is 4.98 Å². The molecule has 7 nitrogen and oxygen atoms in total. The van der Waals surface area contributed by atoms with Crippen molar-refractivity contribution in [1.82, 2.24) is 9.97 Å². The lowest BCUT2D eigenvalue weighted by molar-refractivity contribution is 0.484. The Morgan fingerprint density at radius 1 is 1.22 bits per heavy atom. The van der Waals surface area contributed by atoms with Gasteiger partial charge in [-0.1, -0.05) is 13.0 Å². The van der Waals surface area contributed by atoms with E-state index in [4.69, 9.17) is 4.55 Å². The molecule has 0 unspecified atom stereocenters. The van der Waals surface area contributed by atoms with Crippen LogP contribution in [0, 0.1) is 0 Å². The summed E-state index contributed by atoms with van der Waals surface area (Å²) in [6.07, 6.45) is 0.502. The Morgan fingerprint density at radius 3 is 2.44 bits per heavy atom. The maximum atomic E-state index is 11.7. The average Bonchev–Trinajstić information content (AvgIpc) is 2.25. The Kier molecular flexibility index (Phi) is 2.83. The molecule has 1 heterocycles. The van der Waals surface area contributed by atoms with Crippen LogP contribution < -0.4 is 11.2 Å². The van der Waals surface area contributed by atoms with Crippen molar-refractivity contribution in [1.29, 1.82) is 0 Å². The van der Waals surface area contributed by atoms with E-state index in [9.17, 15) is 18.0 Å². The summed E-state index contributed by atoms with van der Waals surface area (Å²) in [7, 11) is -4.53. The van der Waals surface area contributed by atoms with E-state index in [1.54, 1.807) is 6.92 Å². The first-order valence-electron chi connectivity index (χ1n) is 5.10. The topological polar surface area (TPSA) is 120 Å². The van der Waals surface area contributed by atoms with E-state index < -0.39 is 26.3 Å². The molecule has 0 aliphatic rings. The van der Waals surface area contributed by atoms with E-state index in [0.29, 0.717) is 12.0 Å². The zero-order valence-electron chi connectivity index (χ0n) is 9.35. The highest BCUT2D eigenvalue weighted by molar-refractivity contribution is 7.86. The number of H-pyrrole nitrogens is 2. The summed E-state index contributed by atoms with van der Waals surface area (Å²) in [6, 6.07) is 2.59. The van der Waals surface area contributed by atoms with Gasteiger partial charge in [0.1, 0.15) is 4.90 Å². The molecule has 0 radical (unpaired) electrons. The van der Waals surface area contributed by atoms with E-state index in [-0.39, 0.29) is 10.9 Å². The van der Waals surface area contributed by atoms with Gasteiger partial charge in [-0.2, -0.15) is 8.42 Å². The van der Waals surface area contributed by atoms with Crippen LogP contribution in [0.1, 0.15) is 12.5 Å². The molecule has 0 amide bonds. The van der Waals surface area contributed by atoms with Gasteiger partial charge >= 0.3 is 5.69 Å². The molecule has 3 N–H and O–H groups in total. The Hall–Kier alpha value is -1.93. The quantitative estimate of drug-likeness (QED) is 0.665. The molecule has 2 rings (SSSR count). The predicted octanol–water partition coefficient (Wildman–Crippen LogP) is 0.0255. The summed E-state index contributed by atoms with van der Waals surface area (Å²) in [5, 5.41) is -0.239. The number of hydrogen-bond donors (Lipinski definition) is 3.